The first-order chi connectivity index (χ1) is 7.85. The van der Waals surface area contributed by atoms with Gasteiger partial charge in [-0.2, -0.15) is 5.26 Å². The summed E-state index contributed by atoms with van der Waals surface area (Å²) in [4.78, 5) is 0.217. The number of aryl methyl sites for hydroxylation is 1. The zero-order chi connectivity index (χ0) is 13.2. The molecule has 0 radical (unpaired) electrons. The van der Waals surface area contributed by atoms with Crippen LogP contribution in [0.4, 0.5) is 0 Å². The quantitative estimate of drug-likeness (QED) is 0.825. The molecule has 0 N–H and O–H groups in total. The SMILES string of the molecule is COc1c(C)cc(S(=O)(=O)CC#N)c(C)c1C. The summed E-state index contributed by atoms with van der Waals surface area (Å²) in [6.07, 6.45) is 0. The minimum Gasteiger partial charge on any atom is -0.496 e. The van der Waals surface area contributed by atoms with Gasteiger partial charge in [0.25, 0.3) is 0 Å². The minimum atomic E-state index is -3.53. The van der Waals surface area contributed by atoms with E-state index in [2.05, 4.69) is 0 Å². The van der Waals surface area contributed by atoms with Crippen LogP contribution in [0.2, 0.25) is 0 Å². The van der Waals surface area contributed by atoms with Crippen LogP contribution >= 0.6 is 0 Å². The van der Waals surface area contributed by atoms with E-state index in [1.165, 1.54) is 0 Å². The number of hydrogen-bond donors (Lipinski definition) is 0. The summed E-state index contributed by atoms with van der Waals surface area (Å²) in [5.41, 5.74) is 2.19. The summed E-state index contributed by atoms with van der Waals surface area (Å²) in [6.45, 7) is 5.32. The first-order valence-corrected chi connectivity index (χ1v) is 6.75. The number of methoxy groups -OCH3 is 1. The molecule has 0 aliphatic carbocycles. The second kappa shape index (κ2) is 4.76. The molecule has 17 heavy (non-hydrogen) atoms. The van der Waals surface area contributed by atoms with Gasteiger partial charge in [-0.05, 0) is 43.5 Å². The first-order valence-electron chi connectivity index (χ1n) is 5.09. The van der Waals surface area contributed by atoms with Crippen molar-refractivity contribution in [2.45, 2.75) is 25.7 Å². The summed E-state index contributed by atoms with van der Waals surface area (Å²) >= 11 is 0. The van der Waals surface area contributed by atoms with Crippen LogP contribution in [0.5, 0.6) is 5.75 Å². The van der Waals surface area contributed by atoms with E-state index >= 15 is 0 Å². The van der Waals surface area contributed by atoms with Gasteiger partial charge in [-0.15, -0.1) is 0 Å². The smallest absolute Gasteiger partial charge is 0.191 e. The van der Waals surface area contributed by atoms with Crippen molar-refractivity contribution in [1.29, 1.82) is 5.26 Å². The number of nitrogens with zero attached hydrogens (tertiary/aromatic N) is 1. The predicted molar refractivity (Wildman–Crippen MR) is 64.9 cm³/mol. The van der Waals surface area contributed by atoms with Crippen molar-refractivity contribution in [2.24, 2.45) is 0 Å². The Labute approximate surface area is 102 Å². The van der Waals surface area contributed by atoms with Crippen molar-refractivity contribution in [3.05, 3.63) is 22.8 Å². The molecular weight excluding hydrogens is 238 g/mol. The summed E-state index contributed by atoms with van der Waals surface area (Å²) in [7, 11) is -1.97. The molecule has 0 aromatic heterocycles. The Morgan fingerprint density at radius 1 is 1.29 bits per heavy atom. The Balaban J connectivity index is 3.55. The van der Waals surface area contributed by atoms with Crippen LogP contribution in [0.15, 0.2) is 11.0 Å². The number of hydrogen-bond acceptors (Lipinski definition) is 4. The summed E-state index contributed by atoms with van der Waals surface area (Å²) < 4.78 is 29.0. The highest BCUT2D eigenvalue weighted by atomic mass is 32.2. The Hall–Kier alpha value is -1.54. The van der Waals surface area contributed by atoms with Gasteiger partial charge in [0.15, 0.2) is 9.84 Å². The maximum absolute atomic E-state index is 11.9. The number of ether oxygens (including phenoxy) is 1. The third kappa shape index (κ3) is 2.42. The van der Waals surface area contributed by atoms with Crippen molar-refractivity contribution >= 4 is 9.84 Å². The van der Waals surface area contributed by atoms with Crippen LogP contribution in [0, 0.1) is 32.1 Å². The van der Waals surface area contributed by atoms with Crippen LogP contribution in [0.1, 0.15) is 16.7 Å². The highest BCUT2D eigenvalue weighted by Gasteiger charge is 2.20. The molecule has 0 fully saturated rings. The second-order valence-electron chi connectivity index (χ2n) is 3.89. The lowest BCUT2D eigenvalue weighted by molar-refractivity contribution is 0.407. The number of benzene rings is 1. The van der Waals surface area contributed by atoms with Crippen molar-refractivity contribution in [2.75, 3.05) is 12.9 Å². The van der Waals surface area contributed by atoms with Gasteiger partial charge in [0.05, 0.1) is 18.1 Å². The highest BCUT2D eigenvalue weighted by Crippen LogP contribution is 2.31. The zero-order valence-corrected chi connectivity index (χ0v) is 11.2. The lowest BCUT2D eigenvalue weighted by atomic mass is 10.1. The molecule has 0 unspecified atom stereocenters. The topological polar surface area (TPSA) is 67.2 Å². The fraction of sp³-hybridized carbons (Fsp3) is 0.417. The summed E-state index contributed by atoms with van der Waals surface area (Å²) in [6, 6.07) is 3.25. The van der Waals surface area contributed by atoms with Crippen molar-refractivity contribution < 1.29 is 13.2 Å². The molecule has 0 atom stereocenters. The van der Waals surface area contributed by atoms with E-state index in [1.807, 2.05) is 6.92 Å². The van der Waals surface area contributed by atoms with Crippen LogP contribution < -0.4 is 4.74 Å². The monoisotopic (exact) mass is 253 g/mol. The number of nitriles is 1. The lowest BCUT2D eigenvalue weighted by Crippen LogP contribution is -2.09. The molecule has 4 nitrogen and oxygen atoms in total. The molecule has 1 aromatic rings. The minimum absolute atomic E-state index is 0.217. The third-order valence-corrected chi connectivity index (χ3v) is 4.38. The zero-order valence-electron chi connectivity index (χ0n) is 10.4. The Morgan fingerprint density at radius 3 is 2.35 bits per heavy atom. The molecule has 0 saturated carbocycles. The average Bonchev–Trinajstić information content (AvgIpc) is 2.24. The molecule has 0 heterocycles. The second-order valence-corrected chi connectivity index (χ2v) is 5.85. The van der Waals surface area contributed by atoms with Gasteiger partial charge in [-0.1, -0.05) is 0 Å². The van der Waals surface area contributed by atoms with Gasteiger partial charge < -0.3 is 4.74 Å². The molecule has 0 saturated heterocycles. The van der Waals surface area contributed by atoms with Gasteiger partial charge in [0.2, 0.25) is 0 Å². The molecule has 92 valence electrons. The van der Waals surface area contributed by atoms with E-state index in [4.69, 9.17) is 10.00 Å². The van der Waals surface area contributed by atoms with E-state index in [1.54, 1.807) is 33.1 Å². The molecule has 1 aromatic carbocycles. The molecule has 5 heteroatoms. The number of sulfone groups is 1. The molecule has 0 aliphatic heterocycles. The molecular formula is C12H15NO3S. The largest absolute Gasteiger partial charge is 0.496 e. The van der Waals surface area contributed by atoms with Gasteiger partial charge in [-0.3, -0.25) is 0 Å². The van der Waals surface area contributed by atoms with Crippen LogP contribution in [0.3, 0.4) is 0 Å². The predicted octanol–water partition coefficient (Wildman–Crippen LogP) is 1.92. The maximum Gasteiger partial charge on any atom is 0.191 e. The maximum atomic E-state index is 11.9. The first kappa shape index (κ1) is 13.5. The fourth-order valence-corrected chi connectivity index (χ4v) is 3.12. The van der Waals surface area contributed by atoms with Crippen molar-refractivity contribution in [1.82, 2.24) is 0 Å². The van der Waals surface area contributed by atoms with Gasteiger partial charge >= 0.3 is 0 Å². The van der Waals surface area contributed by atoms with E-state index < -0.39 is 15.6 Å². The Morgan fingerprint density at radius 2 is 1.88 bits per heavy atom. The normalized spacial score (nSPS) is 11.0. The van der Waals surface area contributed by atoms with E-state index in [-0.39, 0.29) is 4.90 Å². The van der Waals surface area contributed by atoms with Gasteiger partial charge in [-0.25, -0.2) is 8.42 Å². The van der Waals surface area contributed by atoms with Crippen molar-refractivity contribution in [3.63, 3.8) is 0 Å². The molecule has 0 amide bonds. The van der Waals surface area contributed by atoms with Gasteiger partial charge in [0, 0.05) is 0 Å². The van der Waals surface area contributed by atoms with E-state index in [0.29, 0.717) is 11.3 Å². The number of rotatable bonds is 3. The van der Waals surface area contributed by atoms with Crippen LogP contribution in [-0.4, -0.2) is 21.3 Å². The molecule has 1 rings (SSSR count). The Kier molecular flexibility index (Phi) is 3.79. The standard InChI is InChI=1S/C12H15NO3S/c1-8-7-11(17(14,15)6-5-13)9(2)10(3)12(8)16-4/h7H,6H2,1-4H3. The van der Waals surface area contributed by atoms with E-state index in [9.17, 15) is 8.42 Å². The summed E-state index contributed by atoms with van der Waals surface area (Å²) in [5.74, 6) is 0.192. The molecule has 0 spiro atoms. The summed E-state index contributed by atoms with van der Waals surface area (Å²) in [5, 5.41) is 8.54. The highest BCUT2D eigenvalue weighted by molar-refractivity contribution is 7.91. The van der Waals surface area contributed by atoms with Crippen LogP contribution in [-0.2, 0) is 9.84 Å². The fourth-order valence-electron chi connectivity index (χ4n) is 1.82. The van der Waals surface area contributed by atoms with Crippen molar-refractivity contribution in [3.8, 4) is 11.8 Å². The molecule has 0 bridgehead atoms. The Bertz CT molecular complexity index is 583. The lowest BCUT2D eigenvalue weighted by Gasteiger charge is -2.14. The van der Waals surface area contributed by atoms with E-state index in [0.717, 1.165) is 11.1 Å². The van der Waals surface area contributed by atoms with Crippen LogP contribution in [0.25, 0.3) is 0 Å². The molecule has 0 aliphatic rings. The third-order valence-electron chi connectivity index (χ3n) is 2.77. The average molecular weight is 253 g/mol. The van der Waals surface area contributed by atoms with Gasteiger partial charge in [0.1, 0.15) is 11.5 Å².